The van der Waals surface area contributed by atoms with E-state index in [-0.39, 0.29) is 30.2 Å². The molecule has 1 aliphatic rings. The van der Waals surface area contributed by atoms with Crippen molar-refractivity contribution in [3.63, 3.8) is 0 Å². The van der Waals surface area contributed by atoms with Gasteiger partial charge in [-0.15, -0.1) is 0 Å². The molecule has 11 heteroatoms. The van der Waals surface area contributed by atoms with Crippen LogP contribution >= 0.6 is 0 Å². The topological polar surface area (TPSA) is 147 Å². The predicted octanol–water partition coefficient (Wildman–Crippen LogP) is 0.529. The molecule has 34 heavy (non-hydrogen) atoms. The summed E-state index contributed by atoms with van der Waals surface area (Å²) in [6, 6.07) is 7.08. The molecule has 0 radical (unpaired) electrons. The Hall–Kier alpha value is -3.18. The Kier molecular flexibility index (Phi) is 8.46. The van der Waals surface area contributed by atoms with Crippen LogP contribution in [-0.4, -0.2) is 54.6 Å². The molecule has 2 unspecified atom stereocenters. The molecule has 0 saturated heterocycles. The van der Waals surface area contributed by atoms with Gasteiger partial charge in [0.1, 0.15) is 17.9 Å². The van der Waals surface area contributed by atoms with Gasteiger partial charge in [-0.05, 0) is 43.4 Å². The van der Waals surface area contributed by atoms with Gasteiger partial charge in [-0.3, -0.25) is 14.4 Å². The number of sulfonamides is 1. The Bertz CT molecular complexity index is 1140. The highest BCUT2D eigenvalue weighted by Gasteiger charge is 2.33. The molecule has 0 aliphatic carbocycles. The van der Waals surface area contributed by atoms with Crippen LogP contribution in [0.15, 0.2) is 47.5 Å². The van der Waals surface area contributed by atoms with Crippen LogP contribution in [0.2, 0.25) is 0 Å². The number of carbonyl (C=O) groups is 3. The number of carbonyl (C=O) groups excluding carboxylic acids is 3. The first-order chi connectivity index (χ1) is 16.2. The lowest BCUT2D eigenvalue weighted by atomic mass is 10.0. The number of nitrogens with zero attached hydrogens (tertiary/aromatic N) is 2. The van der Waals surface area contributed by atoms with Crippen molar-refractivity contribution >= 4 is 27.6 Å². The van der Waals surface area contributed by atoms with E-state index in [4.69, 9.17) is 0 Å². The SMILES string of the molecule is CC(C)CC(NS(=O)(=O)c1ccccc1)C(=O)NC1Cc2nccc(n2)CCCNC(=O)C1=O. The van der Waals surface area contributed by atoms with E-state index in [0.717, 1.165) is 5.69 Å². The van der Waals surface area contributed by atoms with Crippen LogP contribution in [0.4, 0.5) is 0 Å². The molecule has 1 aliphatic heterocycles. The van der Waals surface area contributed by atoms with Gasteiger partial charge in [0, 0.05) is 24.9 Å². The summed E-state index contributed by atoms with van der Waals surface area (Å²) in [5, 5.41) is 5.13. The lowest BCUT2D eigenvalue weighted by Crippen LogP contribution is -2.55. The Labute approximate surface area is 199 Å². The number of aryl methyl sites for hydroxylation is 1. The molecule has 2 aromatic rings. The van der Waals surface area contributed by atoms with E-state index in [1.807, 2.05) is 13.8 Å². The molecule has 2 heterocycles. The van der Waals surface area contributed by atoms with Crippen LogP contribution < -0.4 is 15.4 Å². The average molecular weight is 488 g/mol. The summed E-state index contributed by atoms with van der Waals surface area (Å²) < 4.78 is 28.1. The van der Waals surface area contributed by atoms with E-state index in [0.29, 0.717) is 18.7 Å². The van der Waals surface area contributed by atoms with Gasteiger partial charge in [-0.1, -0.05) is 32.0 Å². The van der Waals surface area contributed by atoms with Gasteiger partial charge in [-0.25, -0.2) is 18.4 Å². The maximum Gasteiger partial charge on any atom is 0.289 e. The standard InChI is InChI=1S/C23H29N5O5S/c1-15(2)13-19(28-34(32,33)17-8-4-3-5-9-17)22(30)27-18-14-20-24-12-10-16(26-20)7-6-11-25-23(31)21(18)29/h3-5,8-10,12,15,18-19,28H,6-7,11,13-14H2,1-2H3,(H,25,31)(H,27,30). The molecule has 10 nitrogen and oxygen atoms in total. The number of amides is 2. The second kappa shape index (κ2) is 11.3. The fourth-order valence-electron chi connectivity index (χ4n) is 3.59. The highest BCUT2D eigenvalue weighted by Crippen LogP contribution is 2.13. The van der Waals surface area contributed by atoms with Crippen molar-refractivity contribution in [2.45, 2.75) is 56.5 Å². The number of hydrogen-bond donors (Lipinski definition) is 3. The number of nitrogens with one attached hydrogen (secondary N) is 3. The first-order valence-electron chi connectivity index (χ1n) is 11.2. The highest BCUT2D eigenvalue weighted by atomic mass is 32.2. The minimum atomic E-state index is -3.99. The summed E-state index contributed by atoms with van der Waals surface area (Å²) in [5.74, 6) is -2.06. The van der Waals surface area contributed by atoms with Crippen molar-refractivity contribution < 1.29 is 22.8 Å². The number of ketones is 1. The first kappa shape index (κ1) is 25.4. The summed E-state index contributed by atoms with van der Waals surface area (Å²) in [4.78, 5) is 47.0. The van der Waals surface area contributed by atoms with E-state index in [1.165, 1.54) is 12.1 Å². The second-order valence-electron chi connectivity index (χ2n) is 8.57. The van der Waals surface area contributed by atoms with Gasteiger partial charge in [0.05, 0.1) is 4.90 Å². The number of hydrogen-bond acceptors (Lipinski definition) is 7. The zero-order chi connectivity index (χ0) is 24.7. The van der Waals surface area contributed by atoms with Crippen LogP contribution in [0, 0.1) is 5.92 Å². The Balaban J connectivity index is 1.84. The fourth-order valence-corrected chi connectivity index (χ4v) is 4.82. The van der Waals surface area contributed by atoms with Gasteiger partial charge < -0.3 is 10.6 Å². The molecule has 1 aromatic heterocycles. The summed E-state index contributed by atoms with van der Waals surface area (Å²) in [5.41, 5.74) is 0.770. The molecule has 1 aromatic carbocycles. The quantitative estimate of drug-likeness (QED) is 0.483. The minimum Gasteiger partial charge on any atom is -0.349 e. The summed E-state index contributed by atoms with van der Waals surface area (Å²) in [6.45, 7) is 3.99. The molecule has 3 N–H and O–H groups in total. The summed E-state index contributed by atoms with van der Waals surface area (Å²) in [6.07, 6.45) is 2.88. The van der Waals surface area contributed by atoms with Crippen molar-refractivity contribution in [2.24, 2.45) is 5.92 Å². The van der Waals surface area contributed by atoms with Gasteiger partial charge in [-0.2, -0.15) is 4.72 Å². The highest BCUT2D eigenvalue weighted by molar-refractivity contribution is 7.89. The molecule has 182 valence electrons. The number of fused-ring (bicyclic) bond motifs is 2. The van der Waals surface area contributed by atoms with Crippen LogP contribution in [0.25, 0.3) is 0 Å². The summed E-state index contributed by atoms with van der Waals surface area (Å²) in [7, 11) is -3.99. The maximum absolute atomic E-state index is 13.2. The third kappa shape index (κ3) is 6.91. The monoisotopic (exact) mass is 487 g/mol. The molecule has 3 rings (SSSR count). The average Bonchev–Trinajstić information content (AvgIpc) is 2.81. The molecule has 2 atom stereocenters. The maximum atomic E-state index is 13.2. The molecular formula is C23H29N5O5S. The third-order valence-corrected chi connectivity index (χ3v) is 6.76. The second-order valence-corrected chi connectivity index (χ2v) is 10.3. The first-order valence-corrected chi connectivity index (χ1v) is 12.6. The van der Waals surface area contributed by atoms with Crippen molar-refractivity contribution in [1.82, 2.24) is 25.3 Å². The lowest BCUT2D eigenvalue weighted by molar-refractivity contribution is -0.140. The molecule has 2 bridgehead atoms. The number of rotatable bonds is 7. The van der Waals surface area contributed by atoms with Gasteiger partial charge in [0.2, 0.25) is 21.7 Å². The van der Waals surface area contributed by atoms with Gasteiger partial charge in [0.15, 0.2) is 0 Å². The van der Waals surface area contributed by atoms with Gasteiger partial charge in [0.25, 0.3) is 5.91 Å². The van der Waals surface area contributed by atoms with Crippen molar-refractivity contribution in [3.8, 4) is 0 Å². The van der Waals surface area contributed by atoms with Gasteiger partial charge >= 0.3 is 0 Å². The van der Waals surface area contributed by atoms with E-state index in [1.54, 1.807) is 30.5 Å². The van der Waals surface area contributed by atoms with Crippen molar-refractivity contribution in [1.29, 1.82) is 0 Å². The number of aromatic nitrogens is 2. The predicted molar refractivity (Wildman–Crippen MR) is 124 cm³/mol. The fraction of sp³-hybridized carbons (Fsp3) is 0.435. The van der Waals surface area contributed by atoms with Crippen LogP contribution in [-0.2, 0) is 37.2 Å². The van der Waals surface area contributed by atoms with E-state index in [9.17, 15) is 22.8 Å². The Morgan fingerprint density at radius 1 is 1.18 bits per heavy atom. The Morgan fingerprint density at radius 2 is 1.91 bits per heavy atom. The zero-order valence-electron chi connectivity index (χ0n) is 19.2. The lowest BCUT2D eigenvalue weighted by Gasteiger charge is -2.23. The Morgan fingerprint density at radius 3 is 2.62 bits per heavy atom. The number of benzene rings is 1. The van der Waals surface area contributed by atoms with Crippen molar-refractivity contribution in [3.05, 3.63) is 54.1 Å². The van der Waals surface area contributed by atoms with E-state index in [2.05, 4.69) is 25.3 Å². The third-order valence-electron chi connectivity index (χ3n) is 5.28. The summed E-state index contributed by atoms with van der Waals surface area (Å²) >= 11 is 0. The van der Waals surface area contributed by atoms with Crippen molar-refractivity contribution in [2.75, 3.05) is 6.54 Å². The normalized spacial score (nSPS) is 18.0. The molecule has 2 amide bonds. The smallest absolute Gasteiger partial charge is 0.289 e. The number of Topliss-reactive ketones (excluding diaryl/α,β-unsaturated/α-hetero) is 1. The van der Waals surface area contributed by atoms with E-state index < -0.39 is 39.7 Å². The van der Waals surface area contributed by atoms with Crippen LogP contribution in [0.5, 0.6) is 0 Å². The largest absolute Gasteiger partial charge is 0.349 e. The van der Waals surface area contributed by atoms with E-state index >= 15 is 0 Å². The zero-order valence-corrected chi connectivity index (χ0v) is 20.0. The minimum absolute atomic E-state index is 0.0205. The molecular weight excluding hydrogens is 458 g/mol. The molecule has 0 saturated carbocycles. The molecule has 0 spiro atoms. The van der Waals surface area contributed by atoms with Crippen LogP contribution in [0.3, 0.4) is 0 Å². The molecule has 0 fully saturated rings. The van der Waals surface area contributed by atoms with Crippen LogP contribution in [0.1, 0.15) is 38.2 Å².